The average molecular weight is 276 g/mol. The van der Waals surface area contributed by atoms with Gasteiger partial charge in [0.05, 0.1) is 0 Å². The van der Waals surface area contributed by atoms with Gasteiger partial charge < -0.3 is 14.6 Å². The molecule has 0 atom stereocenters. The molecule has 2 aliphatic carbocycles. The third-order valence-corrected chi connectivity index (χ3v) is 4.06. The van der Waals surface area contributed by atoms with Crippen molar-refractivity contribution >= 4 is 11.9 Å². The minimum atomic E-state index is -0.987. The second-order valence-corrected chi connectivity index (χ2v) is 6.01. The van der Waals surface area contributed by atoms with Crippen LogP contribution in [0.4, 0.5) is 0 Å². The average Bonchev–Trinajstić information content (AvgIpc) is 3.31. The molecule has 108 valence electrons. The lowest BCUT2D eigenvalue weighted by Crippen LogP contribution is -2.37. The first kappa shape index (κ1) is 13.2. The molecule has 1 N–H and O–H groups in total. The van der Waals surface area contributed by atoms with Gasteiger partial charge in [-0.05, 0) is 49.7 Å². The van der Waals surface area contributed by atoms with Crippen LogP contribution in [0, 0.1) is 11.8 Å². The number of hydrogen-bond donors (Lipinski definition) is 1. The van der Waals surface area contributed by atoms with Gasteiger partial charge in [-0.25, -0.2) is 4.79 Å². The first-order valence-corrected chi connectivity index (χ1v) is 7.29. The standard InChI is InChI=1S/C15H20N2O3/c18-14(10-16-7-1-2-13(16)15(19)20)17(8-11-3-4-11)9-12-5-6-12/h1-2,7,11-12H,3-6,8-10H2,(H,19,20). The first-order valence-electron chi connectivity index (χ1n) is 7.29. The molecule has 20 heavy (non-hydrogen) atoms. The number of amides is 1. The van der Waals surface area contributed by atoms with Crippen molar-refractivity contribution in [1.29, 1.82) is 0 Å². The van der Waals surface area contributed by atoms with Gasteiger partial charge in [0.1, 0.15) is 12.2 Å². The largest absolute Gasteiger partial charge is 0.477 e. The van der Waals surface area contributed by atoms with E-state index >= 15 is 0 Å². The fraction of sp³-hybridized carbons (Fsp3) is 0.600. The zero-order valence-corrected chi connectivity index (χ0v) is 11.5. The van der Waals surface area contributed by atoms with Gasteiger partial charge in [-0.2, -0.15) is 0 Å². The Labute approximate surface area is 118 Å². The third-order valence-electron chi connectivity index (χ3n) is 4.06. The number of hydrogen-bond acceptors (Lipinski definition) is 2. The van der Waals surface area contributed by atoms with Gasteiger partial charge in [0.2, 0.25) is 5.91 Å². The quantitative estimate of drug-likeness (QED) is 0.826. The number of carboxylic acid groups (broad SMARTS) is 1. The number of carboxylic acids is 1. The van der Waals surface area contributed by atoms with E-state index < -0.39 is 5.97 Å². The number of nitrogens with zero attached hydrogens (tertiary/aromatic N) is 2. The van der Waals surface area contributed by atoms with E-state index in [1.807, 2.05) is 4.90 Å². The molecule has 0 bridgehead atoms. The fourth-order valence-electron chi connectivity index (χ4n) is 2.49. The van der Waals surface area contributed by atoms with E-state index in [2.05, 4.69) is 0 Å². The molecule has 2 fully saturated rings. The van der Waals surface area contributed by atoms with E-state index in [1.54, 1.807) is 12.3 Å². The van der Waals surface area contributed by atoms with Gasteiger partial charge >= 0.3 is 5.97 Å². The Morgan fingerprint density at radius 3 is 2.30 bits per heavy atom. The predicted molar refractivity (Wildman–Crippen MR) is 73.4 cm³/mol. The zero-order valence-electron chi connectivity index (χ0n) is 11.5. The van der Waals surface area contributed by atoms with Crippen LogP contribution in [0.3, 0.4) is 0 Å². The van der Waals surface area contributed by atoms with Gasteiger partial charge in [-0.15, -0.1) is 0 Å². The highest BCUT2D eigenvalue weighted by atomic mass is 16.4. The maximum Gasteiger partial charge on any atom is 0.352 e. The van der Waals surface area contributed by atoms with Crippen LogP contribution in [0.25, 0.3) is 0 Å². The summed E-state index contributed by atoms with van der Waals surface area (Å²) in [6, 6.07) is 3.20. The molecule has 0 unspecified atom stereocenters. The molecule has 0 radical (unpaired) electrons. The molecule has 2 saturated carbocycles. The molecule has 1 aromatic heterocycles. The maximum atomic E-state index is 12.4. The fourth-order valence-corrected chi connectivity index (χ4v) is 2.49. The highest BCUT2D eigenvalue weighted by Gasteiger charge is 2.31. The molecule has 5 heteroatoms. The topological polar surface area (TPSA) is 62.5 Å². The van der Waals surface area contributed by atoms with Gasteiger partial charge in [-0.3, -0.25) is 4.79 Å². The molecular formula is C15H20N2O3. The summed E-state index contributed by atoms with van der Waals surface area (Å²) in [6.07, 6.45) is 6.54. The minimum Gasteiger partial charge on any atom is -0.477 e. The Kier molecular flexibility index (Phi) is 3.51. The molecule has 3 rings (SSSR count). The van der Waals surface area contributed by atoms with Crippen molar-refractivity contribution in [2.45, 2.75) is 32.2 Å². The van der Waals surface area contributed by atoms with Gasteiger partial charge in [0.15, 0.2) is 0 Å². The van der Waals surface area contributed by atoms with Crippen LogP contribution < -0.4 is 0 Å². The Balaban J connectivity index is 1.65. The Morgan fingerprint density at radius 2 is 1.80 bits per heavy atom. The molecule has 0 saturated heterocycles. The Hall–Kier alpha value is -1.78. The van der Waals surface area contributed by atoms with Gasteiger partial charge in [0, 0.05) is 19.3 Å². The molecule has 0 aromatic carbocycles. The SMILES string of the molecule is O=C(O)c1cccn1CC(=O)N(CC1CC1)CC1CC1. The van der Waals surface area contributed by atoms with Crippen molar-refractivity contribution in [3.05, 3.63) is 24.0 Å². The summed E-state index contributed by atoms with van der Waals surface area (Å²) in [7, 11) is 0. The summed E-state index contributed by atoms with van der Waals surface area (Å²) >= 11 is 0. The summed E-state index contributed by atoms with van der Waals surface area (Å²) < 4.78 is 1.53. The first-order chi connectivity index (χ1) is 9.63. The van der Waals surface area contributed by atoms with Crippen molar-refractivity contribution in [3.8, 4) is 0 Å². The Morgan fingerprint density at radius 1 is 1.20 bits per heavy atom. The number of carbonyl (C=O) groups excluding carboxylic acids is 1. The zero-order chi connectivity index (χ0) is 14.1. The normalized spacial score (nSPS) is 18.0. The van der Waals surface area contributed by atoms with Crippen LogP contribution >= 0.6 is 0 Å². The number of aromatic nitrogens is 1. The summed E-state index contributed by atoms with van der Waals surface area (Å²) in [5, 5.41) is 9.07. The summed E-state index contributed by atoms with van der Waals surface area (Å²) in [5.74, 6) is 0.392. The molecule has 0 aliphatic heterocycles. The maximum absolute atomic E-state index is 12.4. The van der Waals surface area contributed by atoms with Crippen LogP contribution in [0.15, 0.2) is 18.3 Å². The smallest absolute Gasteiger partial charge is 0.352 e. The lowest BCUT2D eigenvalue weighted by atomic mass is 10.3. The highest BCUT2D eigenvalue weighted by molar-refractivity contribution is 5.86. The Bertz CT molecular complexity index is 501. The lowest BCUT2D eigenvalue weighted by Gasteiger charge is -2.23. The number of rotatable bonds is 7. The van der Waals surface area contributed by atoms with E-state index in [0.29, 0.717) is 11.8 Å². The second kappa shape index (κ2) is 5.31. The monoisotopic (exact) mass is 276 g/mol. The van der Waals surface area contributed by atoms with Crippen LogP contribution in [0.1, 0.15) is 36.2 Å². The minimum absolute atomic E-state index is 0.0440. The van der Waals surface area contributed by atoms with E-state index in [4.69, 9.17) is 5.11 Å². The molecule has 0 spiro atoms. The second-order valence-electron chi connectivity index (χ2n) is 6.01. The summed E-state index contributed by atoms with van der Waals surface area (Å²) in [6.45, 7) is 1.83. The van der Waals surface area contributed by atoms with Crippen molar-refractivity contribution in [1.82, 2.24) is 9.47 Å². The van der Waals surface area contributed by atoms with Crippen LogP contribution in [0.2, 0.25) is 0 Å². The van der Waals surface area contributed by atoms with Crippen molar-refractivity contribution < 1.29 is 14.7 Å². The molecule has 5 nitrogen and oxygen atoms in total. The molecular weight excluding hydrogens is 256 g/mol. The molecule has 1 aromatic rings. The predicted octanol–water partition coefficient (Wildman–Crippen LogP) is 1.83. The van der Waals surface area contributed by atoms with Crippen molar-refractivity contribution in [3.63, 3.8) is 0 Å². The van der Waals surface area contributed by atoms with E-state index in [9.17, 15) is 9.59 Å². The molecule has 1 amide bonds. The third kappa shape index (κ3) is 3.21. The van der Waals surface area contributed by atoms with Crippen LogP contribution in [-0.4, -0.2) is 39.5 Å². The molecule has 1 heterocycles. The molecule has 2 aliphatic rings. The van der Waals surface area contributed by atoms with Crippen LogP contribution in [0.5, 0.6) is 0 Å². The van der Waals surface area contributed by atoms with E-state index in [0.717, 1.165) is 13.1 Å². The number of carbonyl (C=O) groups is 2. The number of aromatic carboxylic acids is 1. The van der Waals surface area contributed by atoms with Gasteiger partial charge in [0.25, 0.3) is 0 Å². The van der Waals surface area contributed by atoms with Crippen molar-refractivity contribution in [2.75, 3.05) is 13.1 Å². The summed E-state index contributed by atoms with van der Waals surface area (Å²) in [4.78, 5) is 25.4. The summed E-state index contributed by atoms with van der Waals surface area (Å²) in [5.41, 5.74) is 0.177. The van der Waals surface area contributed by atoms with E-state index in [-0.39, 0.29) is 18.1 Å². The van der Waals surface area contributed by atoms with Gasteiger partial charge in [-0.1, -0.05) is 0 Å². The lowest BCUT2D eigenvalue weighted by molar-refractivity contribution is -0.132. The highest BCUT2D eigenvalue weighted by Crippen LogP contribution is 2.33. The van der Waals surface area contributed by atoms with Crippen molar-refractivity contribution in [2.24, 2.45) is 11.8 Å². The van der Waals surface area contributed by atoms with E-state index in [1.165, 1.54) is 36.3 Å². The van der Waals surface area contributed by atoms with Crippen LogP contribution in [-0.2, 0) is 11.3 Å².